The molecule has 2 atom stereocenters. The molecule has 7 nitrogen and oxygen atoms in total. The second-order valence-electron chi connectivity index (χ2n) is 7.85. The van der Waals surface area contributed by atoms with Gasteiger partial charge in [0.25, 0.3) is 0 Å². The first-order valence-corrected chi connectivity index (χ1v) is 12.1. The summed E-state index contributed by atoms with van der Waals surface area (Å²) in [6.07, 6.45) is -0.581. The van der Waals surface area contributed by atoms with Gasteiger partial charge in [0, 0.05) is 26.8 Å². The molecule has 1 N–H and O–H groups in total. The highest BCUT2D eigenvalue weighted by molar-refractivity contribution is 7.96. The van der Waals surface area contributed by atoms with Crippen LogP contribution in [0.25, 0.3) is 0 Å². The van der Waals surface area contributed by atoms with Gasteiger partial charge < -0.3 is 14.8 Å². The minimum absolute atomic E-state index is 0.0988. The van der Waals surface area contributed by atoms with Crippen LogP contribution in [-0.4, -0.2) is 66.7 Å². The average Bonchev–Trinajstić information content (AvgIpc) is 2.91. The number of nitrogens with one attached hydrogen (secondary N) is 1. The van der Waals surface area contributed by atoms with Gasteiger partial charge in [0.1, 0.15) is 0 Å². The Labute approximate surface area is 162 Å². The molecule has 1 aromatic carbocycles. The van der Waals surface area contributed by atoms with E-state index in [2.05, 4.69) is 5.32 Å². The van der Waals surface area contributed by atoms with Crippen LogP contribution in [0.3, 0.4) is 0 Å². The maximum absolute atomic E-state index is 13.1. The second kappa shape index (κ2) is 8.16. The van der Waals surface area contributed by atoms with E-state index >= 15 is 0 Å². The minimum Gasteiger partial charge on any atom is -0.355 e. The maximum Gasteiger partial charge on any atom is 0.183 e. The Morgan fingerprint density at radius 1 is 1.11 bits per heavy atom. The summed E-state index contributed by atoms with van der Waals surface area (Å²) in [7, 11) is -4.33. The van der Waals surface area contributed by atoms with Gasteiger partial charge in [0.15, 0.2) is 26.0 Å². The van der Waals surface area contributed by atoms with E-state index in [-0.39, 0.29) is 22.6 Å². The van der Waals surface area contributed by atoms with Gasteiger partial charge in [-0.05, 0) is 23.1 Å². The van der Waals surface area contributed by atoms with Gasteiger partial charge in [0.2, 0.25) is 0 Å². The predicted molar refractivity (Wildman–Crippen MR) is 104 cm³/mol. The molecular formula is C18H29NO6S2. The van der Waals surface area contributed by atoms with E-state index < -0.39 is 43.0 Å². The smallest absolute Gasteiger partial charge is 0.183 e. The quantitative estimate of drug-likeness (QED) is 0.662. The molecule has 0 unspecified atom stereocenters. The zero-order valence-electron chi connectivity index (χ0n) is 16.4. The molecule has 1 aliphatic rings. The fourth-order valence-corrected chi connectivity index (χ4v) is 7.86. The molecule has 2 rings (SSSR count). The standard InChI is InChI=1S/C18H29NO6S2/c1-18(2,3)13-6-8-14(9-7-13)27(22,23)16-12-26(20,21)11-15(16)19-10-17(24-4)25-5/h6-9,15-17,19H,10-12H2,1-5H3/t15-,16-/m0/s1. The van der Waals surface area contributed by atoms with Crippen molar-refractivity contribution in [3.63, 3.8) is 0 Å². The molecule has 1 aliphatic heterocycles. The summed E-state index contributed by atoms with van der Waals surface area (Å²) in [4.78, 5) is 0.138. The lowest BCUT2D eigenvalue weighted by Gasteiger charge is -2.23. The minimum atomic E-state index is -3.81. The van der Waals surface area contributed by atoms with Crippen molar-refractivity contribution in [2.24, 2.45) is 0 Å². The molecule has 9 heteroatoms. The van der Waals surface area contributed by atoms with Crippen LogP contribution in [0.5, 0.6) is 0 Å². The van der Waals surface area contributed by atoms with Gasteiger partial charge >= 0.3 is 0 Å². The number of ether oxygens (including phenoxy) is 2. The molecule has 1 fully saturated rings. The van der Waals surface area contributed by atoms with E-state index in [1.165, 1.54) is 14.2 Å². The zero-order valence-corrected chi connectivity index (χ0v) is 18.1. The van der Waals surface area contributed by atoms with E-state index in [1.807, 2.05) is 20.8 Å². The zero-order chi connectivity index (χ0) is 20.5. The molecule has 0 bridgehead atoms. The second-order valence-corrected chi connectivity index (χ2v) is 12.2. The average molecular weight is 420 g/mol. The fraction of sp³-hybridized carbons (Fsp3) is 0.667. The van der Waals surface area contributed by atoms with Gasteiger partial charge in [-0.25, -0.2) is 16.8 Å². The number of methoxy groups -OCH3 is 2. The summed E-state index contributed by atoms with van der Waals surface area (Å²) < 4.78 is 60.6. The number of hydrogen-bond acceptors (Lipinski definition) is 7. The number of benzene rings is 1. The molecule has 0 amide bonds. The first-order valence-electron chi connectivity index (χ1n) is 8.74. The molecule has 1 heterocycles. The predicted octanol–water partition coefficient (Wildman–Crippen LogP) is 1.13. The Morgan fingerprint density at radius 2 is 1.67 bits per heavy atom. The summed E-state index contributed by atoms with van der Waals surface area (Å²) in [5.74, 6) is -0.615. The summed E-state index contributed by atoms with van der Waals surface area (Å²) in [5, 5.41) is 1.95. The van der Waals surface area contributed by atoms with Crippen LogP contribution in [0.1, 0.15) is 26.3 Å². The molecule has 0 spiro atoms. The van der Waals surface area contributed by atoms with Crippen LogP contribution in [0.4, 0.5) is 0 Å². The molecule has 1 aromatic rings. The van der Waals surface area contributed by atoms with Crippen molar-refractivity contribution in [3.8, 4) is 0 Å². The Bertz CT molecular complexity index is 837. The molecule has 1 saturated heterocycles. The van der Waals surface area contributed by atoms with Gasteiger partial charge in [-0.2, -0.15) is 0 Å². The highest BCUT2D eigenvalue weighted by Crippen LogP contribution is 2.28. The Balaban J connectivity index is 2.28. The monoisotopic (exact) mass is 419 g/mol. The number of rotatable bonds is 7. The van der Waals surface area contributed by atoms with Crippen LogP contribution in [-0.2, 0) is 34.6 Å². The van der Waals surface area contributed by atoms with Crippen LogP contribution in [0, 0.1) is 0 Å². The van der Waals surface area contributed by atoms with Crippen LogP contribution in [0.2, 0.25) is 0 Å². The highest BCUT2D eigenvalue weighted by atomic mass is 32.2. The summed E-state index contributed by atoms with van der Waals surface area (Å²) in [6.45, 7) is 6.33. The maximum atomic E-state index is 13.1. The fourth-order valence-electron chi connectivity index (χ4n) is 3.14. The lowest BCUT2D eigenvalue weighted by Crippen LogP contribution is -2.46. The van der Waals surface area contributed by atoms with Crippen molar-refractivity contribution in [2.45, 2.75) is 48.7 Å². The number of sulfone groups is 2. The Kier molecular flexibility index (Phi) is 6.74. The molecule has 154 valence electrons. The van der Waals surface area contributed by atoms with E-state index in [0.717, 1.165) is 5.56 Å². The van der Waals surface area contributed by atoms with Crippen molar-refractivity contribution in [2.75, 3.05) is 32.3 Å². The molecule has 0 radical (unpaired) electrons. The third kappa shape index (κ3) is 5.29. The van der Waals surface area contributed by atoms with Gasteiger partial charge in [0.05, 0.1) is 21.7 Å². The molecule has 0 aromatic heterocycles. The van der Waals surface area contributed by atoms with E-state index in [1.54, 1.807) is 24.3 Å². The van der Waals surface area contributed by atoms with Crippen molar-refractivity contribution in [1.82, 2.24) is 5.32 Å². The molecular weight excluding hydrogens is 390 g/mol. The Morgan fingerprint density at radius 3 is 2.15 bits per heavy atom. The van der Waals surface area contributed by atoms with Crippen molar-refractivity contribution in [3.05, 3.63) is 29.8 Å². The van der Waals surface area contributed by atoms with Gasteiger partial charge in [-0.3, -0.25) is 0 Å². The third-order valence-corrected chi connectivity index (χ3v) is 8.99. The van der Waals surface area contributed by atoms with Crippen molar-refractivity contribution < 1.29 is 26.3 Å². The van der Waals surface area contributed by atoms with E-state index in [4.69, 9.17) is 9.47 Å². The topological polar surface area (TPSA) is 98.8 Å². The van der Waals surface area contributed by atoms with Gasteiger partial charge in [-0.15, -0.1) is 0 Å². The lowest BCUT2D eigenvalue weighted by molar-refractivity contribution is -0.0995. The van der Waals surface area contributed by atoms with Crippen molar-refractivity contribution in [1.29, 1.82) is 0 Å². The molecule has 27 heavy (non-hydrogen) atoms. The lowest BCUT2D eigenvalue weighted by atomic mass is 9.87. The highest BCUT2D eigenvalue weighted by Gasteiger charge is 2.45. The first-order chi connectivity index (χ1) is 12.4. The van der Waals surface area contributed by atoms with Crippen LogP contribution in [0.15, 0.2) is 29.2 Å². The first kappa shape index (κ1) is 22.3. The van der Waals surface area contributed by atoms with Crippen LogP contribution >= 0.6 is 0 Å². The summed E-state index contributed by atoms with van der Waals surface area (Å²) in [6, 6.07) is 5.97. The SMILES string of the molecule is COC(CN[C@H]1CS(=O)(=O)C[C@@H]1S(=O)(=O)c1ccc(C(C)(C)C)cc1)OC. The van der Waals surface area contributed by atoms with Crippen molar-refractivity contribution >= 4 is 19.7 Å². The van der Waals surface area contributed by atoms with Crippen LogP contribution < -0.4 is 5.32 Å². The summed E-state index contributed by atoms with van der Waals surface area (Å²) in [5.41, 5.74) is 0.913. The number of hydrogen-bond donors (Lipinski definition) is 1. The Hall–Kier alpha value is -1.00. The van der Waals surface area contributed by atoms with Gasteiger partial charge in [-0.1, -0.05) is 32.9 Å². The summed E-state index contributed by atoms with van der Waals surface area (Å²) >= 11 is 0. The third-order valence-electron chi connectivity index (χ3n) is 4.82. The largest absolute Gasteiger partial charge is 0.355 e. The van der Waals surface area contributed by atoms with E-state index in [9.17, 15) is 16.8 Å². The normalized spacial score (nSPS) is 23.0. The molecule has 0 saturated carbocycles. The molecule has 0 aliphatic carbocycles. The van der Waals surface area contributed by atoms with E-state index in [0.29, 0.717) is 0 Å².